The van der Waals surface area contributed by atoms with Gasteiger partial charge in [-0.05, 0) is 41.8 Å². The van der Waals surface area contributed by atoms with E-state index in [4.69, 9.17) is 9.47 Å². The van der Waals surface area contributed by atoms with Gasteiger partial charge in [0, 0.05) is 18.3 Å². The smallest absolute Gasteiger partial charge is 0.339 e. The van der Waals surface area contributed by atoms with Crippen molar-refractivity contribution >= 4 is 17.8 Å². The molecule has 0 aliphatic rings. The molecule has 5 heteroatoms. The van der Waals surface area contributed by atoms with E-state index in [-0.39, 0.29) is 12.4 Å². The van der Waals surface area contributed by atoms with E-state index >= 15 is 0 Å². The van der Waals surface area contributed by atoms with Gasteiger partial charge in [-0.3, -0.25) is 4.79 Å². The molecule has 4 aromatic rings. The lowest BCUT2D eigenvalue weighted by Gasteiger charge is -2.16. The molecule has 0 radical (unpaired) electrons. The van der Waals surface area contributed by atoms with E-state index in [9.17, 15) is 9.59 Å². The van der Waals surface area contributed by atoms with Crippen LogP contribution in [-0.4, -0.2) is 23.4 Å². The lowest BCUT2D eigenvalue weighted by molar-refractivity contribution is -0.155. The van der Waals surface area contributed by atoms with E-state index in [1.54, 1.807) is 0 Å². The zero-order valence-electron chi connectivity index (χ0n) is 20.5. The third kappa shape index (κ3) is 6.26. The minimum absolute atomic E-state index is 0.00567. The molecule has 182 valence electrons. The summed E-state index contributed by atoms with van der Waals surface area (Å²) < 4.78 is 12.8. The summed E-state index contributed by atoms with van der Waals surface area (Å²) in [5, 5.41) is 0. The second kappa shape index (κ2) is 12.0. The molecule has 1 heterocycles. The van der Waals surface area contributed by atoms with E-state index in [0.29, 0.717) is 17.8 Å². The average molecular weight is 480 g/mol. The predicted molar refractivity (Wildman–Crippen MR) is 141 cm³/mol. The summed E-state index contributed by atoms with van der Waals surface area (Å²) in [6.45, 7) is 2.84. The molecule has 4 rings (SSSR count). The molecule has 0 aliphatic heterocycles. The Bertz CT molecular complexity index is 1340. The van der Waals surface area contributed by atoms with E-state index in [2.05, 4.69) is 0 Å². The number of rotatable bonds is 10. The summed E-state index contributed by atoms with van der Waals surface area (Å²) in [5.74, 6) is -0.425. The first kappa shape index (κ1) is 24.9. The molecule has 0 bridgehead atoms. The van der Waals surface area contributed by atoms with Crippen molar-refractivity contribution in [3.8, 4) is 0 Å². The van der Waals surface area contributed by atoms with Crippen LogP contribution in [0.25, 0.3) is 6.08 Å². The van der Waals surface area contributed by atoms with Gasteiger partial charge in [-0.2, -0.15) is 0 Å². The number of aromatic nitrogens is 1. The van der Waals surface area contributed by atoms with Gasteiger partial charge in [-0.25, -0.2) is 4.79 Å². The lowest BCUT2D eigenvalue weighted by atomic mass is 10.1. The first-order chi connectivity index (χ1) is 17.5. The quantitative estimate of drug-likeness (QED) is 0.202. The molecule has 0 aliphatic carbocycles. The number of ether oxygens (including phenoxy) is 2. The van der Waals surface area contributed by atoms with Crippen molar-refractivity contribution in [1.82, 2.24) is 4.57 Å². The third-order valence-corrected chi connectivity index (χ3v) is 5.87. The van der Waals surface area contributed by atoms with Crippen molar-refractivity contribution in [3.05, 3.63) is 137 Å². The predicted octanol–water partition coefficient (Wildman–Crippen LogP) is 6.17. The van der Waals surface area contributed by atoms with Gasteiger partial charge in [0.1, 0.15) is 0 Å². The maximum absolute atomic E-state index is 12.9. The van der Waals surface area contributed by atoms with Crippen molar-refractivity contribution in [1.29, 1.82) is 0 Å². The number of hydrogen-bond acceptors (Lipinski definition) is 4. The fraction of sp³-hybridized carbons (Fsp3) is 0.161. The minimum atomic E-state index is -0.784. The number of methoxy groups -OCH3 is 1. The van der Waals surface area contributed by atoms with E-state index < -0.39 is 12.1 Å². The van der Waals surface area contributed by atoms with Crippen molar-refractivity contribution in [2.75, 3.05) is 7.11 Å². The van der Waals surface area contributed by atoms with Crippen LogP contribution in [0, 0.1) is 6.92 Å². The zero-order chi connectivity index (χ0) is 25.3. The summed E-state index contributed by atoms with van der Waals surface area (Å²) in [7, 11) is 1.36. The number of aryl methyl sites for hydroxylation is 1. The van der Waals surface area contributed by atoms with Gasteiger partial charge < -0.3 is 14.0 Å². The highest BCUT2D eigenvalue weighted by atomic mass is 16.6. The average Bonchev–Trinajstić information content (AvgIpc) is 3.38. The van der Waals surface area contributed by atoms with Gasteiger partial charge in [-0.15, -0.1) is 0 Å². The van der Waals surface area contributed by atoms with Gasteiger partial charge >= 0.3 is 5.97 Å². The molecule has 0 saturated heterocycles. The molecule has 1 atom stereocenters. The molecule has 1 unspecified atom stereocenters. The van der Waals surface area contributed by atoms with E-state index in [1.807, 2.05) is 121 Å². The van der Waals surface area contributed by atoms with Crippen LogP contribution in [-0.2, 0) is 27.4 Å². The van der Waals surface area contributed by atoms with Crippen molar-refractivity contribution in [2.24, 2.45) is 0 Å². The number of carbonyl (C=O) groups is 2. The first-order valence-corrected chi connectivity index (χ1v) is 11.8. The number of nitrogens with zero attached hydrogens (tertiary/aromatic N) is 1. The van der Waals surface area contributed by atoms with Gasteiger partial charge in [0.05, 0.1) is 19.4 Å². The maximum Gasteiger partial charge on any atom is 0.339 e. The summed E-state index contributed by atoms with van der Waals surface area (Å²) in [5.41, 5.74) is 5.15. The highest BCUT2D eigenvalue weighted by molar-refractivity contribution is 6.08. The second-order valence-corrected chi connectivity index (χ2v) is 8.51. The SMILES string of the molecule is COC(=O)C(OCc1cccc(C=CCn2cccc2C(=O)c2ccc(C)cc2)c1)c1ccccc1. The Morgan fingerprint density at radius 2 is 1.69 bits per heavy atom. The van der Waals surface area contributed by atoms with Crippen LogP contribution in [0.1, 0.15) is 44.4 Å². The number of allylic oxidation sites excluding steroid dienone is 1. The largest absolute Gasteiger partial charge is 0.467 e. The van der Waals surface area contributed by atoms with Gasteiger partial charge in [0.2, 0.25) is 5.78 Å². The number of hydrogen-bond donors (Lipinski definition) is 0. The third-order valence-electron chi connectivity index (χ3n) is 5.87. The molecule has 5 nitrogen and oxygen atoms in total. The van der Waals surface area contributed by atoms with Crippen LogP contribution in [0.2, 0.25) is 0 Å². The van der Waals surface area contributed by atoms with Gasteiger partial charge in [-0.1, -0.05) is 90.5 Å². The number of carbonyl (C=O) groups excluding carboxylic acids is 2. The molecule has 0 saturated carbocycles. The zero-order valence-corrected chi connectivity index (χ0v) is 20.5. The summed E-state index contributed by atoms with van der Waals surface area (Å²) in [4.78, 5) is 25.2. The second-order valence-electron chi connectivity index (χ2n) is 8.51. The highest BCUT2D eigenvalue weighted by Crippen LogP contribution is 2.21. The Labute approximate surface area is 211 Å². The normalized spacial score (nSPS) is 11.9. The fourth-order valence-corrected chi connectivity index (χ4v) is 3.94. The summed E-state index contributed by atoms with van der Waals surface area (Å²) >= 11 is 0. The molecule has 36 heavy (non-hydrogen) atoms. The van der Waals surface area contributed by atoms with Gasteiger partial charge in [0.15, 0.2) is 6.10 Å². The van der Waals surface area contributed by atoms with E-state index in [1.165, 1.54) is 7.11 Å². The molecule has 3 aromatic carbocycles. The standard InChI is InChI=1S/C31H29NO4/c1-23-15-17-26(18-16-23)29(33)28-14-8-20-32(28)19-7-11-24-9-6-10-25(21-24)22-36-30(31(34)35-2)27-12-4-3-5-13-27/h3-18,20-21,30H,19,22H2,1-2H3. The minimum Gasteiger partial charge on any atom is -0.467 e. The van der Waals surface area contributed by atoms with Crippen LogP contribution in [0.15, 0.2) is 103 Å². The van der Waals surface area contributed by atoms with Crippen LogP contribution < -0.4 is 0 Å². The monoisotopic (exact) mass is 479 g/mol. The van der Waals surface area contributed by atoms with Crippen LogP contribution in [0.4, 0.5) is 0 Å². The molecule has 0 amide bonds. The highest BCUT2D eigenvalue weighted by Gasteiger charge is 2.22. The summed E-state index contributed by atoms with van der Waals surface area (Å²) in [6.07, 6.45) is 5.16. The molecule has 0 N–H and O–H groups in total. The summed E-state index contributed by atoms with van der Waals surface area (Å²) in [6, 6.07) is 28.6. The van der Waals surface area contributed by atoms with Crippen LogP contribution in [0.3, 0.4) is 0 Å². The molecule has 1 aromatic heterocycles. The fourth-order valence-electron chi connectivity index (χ4n) is 3.94. The van der Waals surface area contributed by atoms with Crippen molar-refractivity contribution in [2.45, 2.75) is 26.2 Å². The lowest BCUT2D eigenvalue weighted by Crippen LogP contribution is -2.17. The molecular weight excluding hydrogens is 450 g/mol. The molecule has 0 fully saturated rings. The number of esters is 1. The van der Waals surface area contributed by atoms with Crippen LogP contribution >= 0.6 is 0 Å². The Morgan fingerprint density at radius 1 is 0.917 bits per heavy atom. The Morgan fingerprint density at radius 3 is 2.44 bits per heavy atom. The van der Waals surface area contributed by atoms with Crippen molar-refractivity contribution < 1.29 is 19.1 Å². The number of benzene rings is 3. The molecular formula is C31H29NO4. The topological polar surface area (TPSA) is 57.5 Å². The Balaban J connectivity index is 1.40. The Kier molecular flexibility index (Phi) is 8.27. The Hall–Kier alpha value is -4.22. The number of ketones is 1. The van der Waals surface area contributed by atoms with Crippen LogP contribution in [0.5, 0.6) is 0 Å². The first-order valence-electron chi connectivity index (χ1n) is 11.8. The van der Waals surface area contributed by atoms with Gasteiger partial charge in [0.25, 0.3) is 0 Å². The molecule has 0 spiro atoms. The van der Waals surface area contributed by atoms with Crippen molar-refractivity contribution in [3.63, 3.8) is 0 Å². The van der Waals surface area contributed by atoms with E-state index in [0.717, 1.165) is 22.3 Å². The maximum atomic E-state index is 12.9.